The number of carbonyl (C=O) groups excluding carboxylic acids is 1. The molecule has 2 aromatic rings. The summed E-state index contributed by atoms with van der Waals surface area (Å²) in [6, 6.07) is 11.6. The van der Waals surface area contributed by atoms with Crippen molar-refractivity contribution in [2.45, 2.75) is 26.8 Å². The second-order valence-corrected chi connectivity index (χ2v) is 5.66. The van der Waals surface area contributed by atoms with Gasteiger partial charge in [0.15, 0.2) is 11.5 Å². The van der Waals surface area contributed by atoms with E-state index in [0.29, 0.717) is 30.3 Å². The van der Waals surface area contributed by atoms with E-state index in [0.717, 1.165) is 5.56 Å². The minimum atomic E-state index is -0.363. The van der Waals surface area contributed by atoms with Crippen LogP contribution in [-0.4, -0.2) is 19.1 Å². The monoisotopic (exact) mass is 357 g/mol. The lowest BCUT2D eigenvalue weighted by Crippen LogP contribution is -2.24. The molecule has 0 unspecified atom stereocenters. The van der Waals surface area contributed by atoms with Crippen LogP contribution >= 0.6 is 0 Å². The molecular formula is C21H24FNO3. The average molecular weight is 357 g/mol. The molecule has 0 saturated carbocycles. The Balaban J connectivity index is 2.06. The molecule has 0 aromatic heterocycles. The number of nitrogens with one attached hydrogen (secondary N) is 1. The zero-order chi connectivity index (χ0) is 18.9. The maximum absolute atomic E-state index is 13.6. The average Bonchev–Trinajstić information content (AvgIpc) is 2.63. The lowest BCUT2D eigenvalue weighted by Gasteiger charge is -2.17. The van der Waals surface area contributed by atoms with Crippen LogP contribution in [0.2, 0.25) is 0 Å². The van der Waals surface area contributed by atoms with Crippen molar-refractivity contribution >= 4 is 12.0 Å². The number of hydrogen-bond acceptors (Lipinski definition) is 3. The zero-order valence-corrected chi connectivity index (χ0v) is 15.3. The van der Waals surface area contributed by atoms with Crippen molar-refractivity contribution in [3.8, 4) is 11.5 Å². The van der Waals surface area contributed by atoms with Crippen molar-refractivity contribution in [3.63, 3.8) is 0 Å². The molecule has 0 aliphatic carbocycles. The third-order valence-electron chi connectivity index (χ3n) is 3.75. The quantitative estimate of drug-likeness (QED) is 0.707. The largest absolute Gasteiger partial charge is 0.490 e. The molecule has 1 amide bonds. The Hall–Kier alpha value is -2.82. The van der Waals surface area contributed by atoms with Gasteiger partial charge in [-0.3, -0.25) is 4.79 Å². The van der Waals surface area contributed by atoms with Crippen molar-refractivity contribution in [1.29, 1.82) is 0 Å². The minimum Gasteiger partial charge on any atom is -0.490 e. The van der Waals surface area contributed by atoms with Crippen molar-refractivity contribution in [3.05, 3.63) is 65.5 Å². The van der Waals surface area contributed by atoms with Gasteiger partial charge < -0.3 is 14.8 Å². The summed E-state index contributed by atoms with van der Waals surface area (Å²) in [4.78, 5) is 12.1. The molecule has 2 aromatic carbocycles. The van der Waals surface area contributed by atoms with E-state index in [4.69, 9.17) is 9.47 Å². The van der Waals surface area contributed by atoms with Crippen molar-refractivity contribution in [1.82, 2.24) is 5.32 Å². The van der Waals surface area contributed by atoms with Crippen LogP contribution in [0.1, 0.15) is 37.9 Å². The molecule has 0 fully saturated rings. The number of halogens is 1. The molecule has 0 aliphatic rings. The van der Waals surface area contributed by atoms with Gasteiger partial charge in [0.05, 0.1) is 19.3 Å². The molecule has 0 radical (unpaired) electrons. The molecule has 1 N–H and O–H groups in total. The summed E-state index contributed by atoms with van der Waals surface area (Å²) < 4.78 is 24.7. The van der Waals surface area contributed by atoms with E-state index in [9.17, 15) is 9.18 Å². The van der Waals surface area contributed by atoms with E-state index >= 15 is 0 Å². The Morgan fingerprint density at radius 3 is 2.50 bits per heavy atom. The number of carbonyl (C=O) groups is 1. The highest BCUT2D eigenvalue weighted by atomic mass is 19.1. The van der Waals surface area contributed by atoms with E-state index in [1.807, 2.05) is 39.0 Å². The molecule has 5 heteroatoms. The Labute approximate surface area is 153 Å². The van der Waals surface area contributed by atoms with Crippen LogP contribution in [0.3, 0.4) is 0 Å². The highest BCUT2D eigenvalue weighted by Gasteiger charge is 2.12. The van der Waals surface area contributed by atoms with E-state index in [-0.39, 0.29) is 17.8 Å². The van der Waals surface area contributed by atoms with Gasteiger partial charge in [-0.05, 0) is 50.6 Å². The molecule has 26 heavy (non-hydrogen) atoms. The van der Waals surface area contributed by atoms with Gasteiger partial charge in [0.25, 0.3) is 0 Å². The third kappa shape index (κ3) is 5.34. The summed E-state index contributed by atoms with van der Waals surface area (Å²) in [6.45, 7) is 6.76. The van der Waals surface area contributed by atoms with Crippen LogP contribution in [0.15, 0.2) is 48.5 Å². The molecule has 0 aliphatic heterocycles. The second kappa shape index (κ2) is 9.61. The van der Waals surface area contributed by atoms with Gasteiger partial charge in [-0.2, -0.15) is 0 Å². The Bertz CT molecular complexity index is 774. The lowest BCUT2D eigenvalue weighted by molar-refractivity contribution is -0.117. The molecule has 4 nitrogen and oxygen atoms in total. The molecule has 138 valence electrons. The van der Waals surface area contributed by atoms with Crippen molar-refractivity contribution in [2.24, 2.45) is 0 Å². The Kier molecular flexibility index (Phi) is 7.21. The number of ether oxygens (including phenoxy) is 2. The SMILES string of the molecule is CCOc1ccc([C@@H](C)NC(=O)/C=C/c2ccccc2F)cc1OCC. The maximum atomic E-state index is 13.6. The first-order chi connectivity index (χ1) is 12.5. The summed E-state index contributed by atoms with van der Waals surface area (Å²) in [5.41, 5.74) is 1.26. The predicted molar refractivity (Wildman–Crippen MR) is 101 cm³/mol. The first-order valence-corrected chi connectivity index (χ1v) is 8.67. The standard InChI is InChI=1S/C21H24FNO3/c1-4-25-19-12-10-17(14-20(19)26-5-2)15(3)23-21(24)13-11-16-8-6-7-9-18(16)22/h6-15H,4-5H2,1-3H3,(H,23,24)/b13-11+/t15-/m1/s1. The highest BCUT2D eigenvalue weighted by molar-refractivity contribution is 5.92. The summed E-state index contributed by atoms with van der Waals surface area (Å²) in [5.74, 6) is 0.663. The molecule has 0 bridgehead atoms. The first-order valence-electron chi connectivity index (χ1n) is 8.67. The summed E-state index contributed by atoms with van der Waals surface area (Å²) >= 11 is 0. The zero-order valence-electron chi connectivity index (χ0n) is 15.3. The number of benzene rings is 2. The van der Waals surface area contributed by atoms with Crippen LogP contribution < -0.4 is 14.8 Å². The van der Waals surface area contributed by atoms with Crippen LogP contribution in [0.25, 0.3) is 6.08 Å². The summed E-state index contributed by atoms with van der Waals surface area (Å²) in [6.07, 6.45) is 2.79. The minimum absolute atomic E-state index is 0.234. The molecule has 0 spiro atoms. The molecule has 1 atom stereocenters. The molecule has 0 saturated heterocycles. The van der Waals surface area contributed by atoms with Gasteiger partial charge in [-0.1, -0.05) is 24.3 Å². The normalized spacial score (nSPS) is 12.0. The first kappa shape index (κ1) is 19.5. The fourth-order valence-corrected chi connectivity index (χ4v) is 2.46. The van der Waals surface area contributed by atoms with Crippen molar-refractivity contribution in [2.75, 3.05) is 13.2 Å². The molecule has 2 rings (SSSR count). The molecular weight excluding hydrogens is 333 g/mol. The Morgan fingerprint density at radius 1 is 1.12 bits per heavy atom. The lowest BCUT2D eigenvalue weighted by atomic mass is 10.1. The van der Waals surface area contributed by atoms with Gasteiger partial charge in [-0.15, -0.1) is 0 Å². The smallest absolute Gasteiger partial charge is 0.244 e. The number of hydrogen-bond donors (Lipinski definition) is 1. The van der Waals surface area contributed by atoms with Crippen LogP contribution in [0.5, 0.6) is 11.5 Å². The molecule has 0 heterocycles. The number of amides is 1. The summed E-state index contributed by atoms with van der Waals surface area (Å²) in [7, 11) is 0. The van der Waals surface area contributed by atoms with Crippen LogP contribution in [0, 0.1) is 5.82 Å². The topological polar surface area (TPSA) is 47.6 Å². The fourth-order valence-electron chi connectivity index (χ4n) is 2.46. The van der Waals surface area contributed by atoms with E-state index in [1.165, 1.54) is 18.2 Å². The predicted octanol–water partition coefficient (Wildman–Crippen LogP) is 4.51. The summed E-state index contributed by atoms with van der Waals surface area (Å²) in [5, 5.41) is 2.86. The third-order valence-corrected chi connectivity index (χ3v) is 3.75. The van der Waals surface area contributed by atoms with Crippen LogP contribution in [0.4, 0.5) is 4.39 Å². The van der Waals surface area contributed by atoms with Gasteiger partial charge in [0.1, 0.15) is 5.82 Å². The Morgan fingerprint density at radius 2 is 1.81 bits per heavy atom. The van der Waals surface area contributed by atoms with E-state index in [1.54, 1.807) is 18.2 Å². The van der Waals surface area contributed by atoms with Gasteiger partial charge in [-0.25, -0.2) is 4.39 Å². The van der Waals surface area contributed by atoms with Crippen molar-refractivity contribution < 1.29 is 18.7 Å². The van der Waals surface area contributed by atoms with E-state index < -0.39 is 0 Å². The highest BCUT2D eigenvalue weighted by Crippen LogP contribution is 2.30. The van der Waals surface area contributed by atoms with Gasteiger partial charge in [0.2, 0.25) is 5.91 Å². The van der Waals surface area contributed by atoms with Gasteiger partial charge in [0, 0.05) is 11.6 Å². The van der Waals surface area contributed by atoms with E-state index in [2.05, 4.69) is 5.32 Å². The maximum Gasteiger partial charge on any atom is 0.244 e. The number of rotatable bonds is 8. The van der Waals surface area contributed by atoms with Gasteiger partial charge >= 0.3 is 0 Å². The fraction of sp³-hybridized carbons (Fsp3) is 0.286. The van der Waals surface area contributed by atoms with Crippen LogP contribution in [-0.2, 0) is 4.79 Å². The second-order valence-electron chi connectivity index (χ2n) is 5.66.